The molecule has 110 valence electrons. The molecule has 2 atom stereocenters. The lowest BCUT2D eigenvalue weighted by Crippen LogP contribution is -2.47. The Bertz CT molecular complexity index is 305. The number of likely N-dealkylation sites (N-methyl/N-ethyl adjacent to an activating group) is 1. The van der Waals surface area contributed by atoms with Gasteiger partial charge >= 0.3 is 0 Å². The van der Waals surface area contributed by atoms with E-state index in [-0.39, 0.29) is 6.04 Å². The van der Waals surface area contributed by atoms with Crippen molar-refractivity contribution in [1.29, 1.82) is 0 Å². The fourth-order valence-corrected chi connectivity index (χ4v) is 3.17. The Hall–Kier alpha value is -0.170. The van der Waals surface area contributed by atoms with E-state index in [2.05, 4.69) is 23.9 Å². The van der Waals surface area contributed by atoms with Crippen LogP contribution in [0.2, 0.25) is 0 Å². The first kappa shape index (κ1) is 17.8. The van der Waals surface area contributed by atoms with Crippen molar-refractivity contribution in [1.82, 2.24) is 14.9 Å². The van der Waals surface area contributed by atoms with Crippen molar-refractivity contribution >= 4 is 10.0 Å². The van der Waals surface area contributed by atoms with Crippen molar-refractivity contribution in [3.8, 4) is 0 Å². The molecule has 0 aromatic rings. The first-order chi connectivity index (χ1) is 8.19. The minimum Gasteiger partial charge on any atom is -0.318 e. The summed E-state index contributed by atoms with van der Waals surface area (Å²) in [4.78, 5) is 2.01. The van der Waals surface area contributed by atoms with Crippen LogP contribution in [0.25, 0.3) is 0 Å². The predicted octanol–water partition coefficient (Wildman–Crippen LogP) is 0.490. The van der Waals surface area contributed by atoms with Gasteiger partial charge in [0.25, 0.3) is 0 Å². The number of hydrogen-bond donors (Lipinski definition) is 2. The summed E-state index contributed by atoms with van der Waals surface area (Å²) in [6, 6.07) is -0.0238. The van der Waals surface area contributed by atoms with E-state index < -0.39 is 15.3 Å². The van der Waals surface area contributed by atoms with Crippen LogP contribution in [0.3, 0.4) is 0 Å². The molecule has 0 aromatic carbocycles. The Morgan fingerprint density at radius 2 is 1.72 bits per heavy atom. The van der Waals surface area contributed by atoms with Crippen molar-refractivity contribution in [3.63, 3.8) is 0 Å². The molecule has 0 fully saturated rings. The lowest BCUT2D eigenvalue weighted by molar-refractivity contribution is 0.328. The van der Waals surface area contributed by atoms with Crippen LogP contribution in [0.1, 0.15) is 27.2 Å². The highest BCUT2D eigenvalue weighted by Gasteiger charge is 2.24. The van der Waals surface area contributed by atoms with Gasteiger partial charge in [-0.2, -0.15) is 0 Å². The van der Waals surface area contributed by atoms with E-state index in [1.165, 1.54) is 0 Å². The minimum absolute atomic E-state index is 0.0238. The maximum absolute atomic E-state index is 12.1. The van der Waals surface area contributed by atoms with Crippen LogP contribution in [-0.2, 0) is 10.0 Å². The van der Waals surface area contributed by atoms with Crippen molar-refractivity contribution in [2.45, 2.75) is 38.5 Å². The molecule has 0 aromatic heterocycles. The van der Waals surface area contributed by atoms with Crippen LogP contribution < -0.4 is 10.0 Å². The first-order valence-corrected chi connectivity index (χ1v) is 8.04. The van der Waals surface area contributed by atoms with E-state index in [0.717, 1.165) is 13.0 Å². The smallest absolute Gasteiger partial charge is 0.215 e. The van der Waals surface area contributed by atoms with Crippen molar-refractivity contribution in [3.05, 3.63) is 0 Å². The van der Waals surface area contributed by atoms with Gasteiger partial charge in [-0.15, -0.1) is 0 Å². The van der Waals surface area contributed by atoms with Crippen molar-refractivity contribution in [2.24, 2.45) is 5.92 Å². The van der Waals surface area contributed by atoms with Gasteiger partial charge in [0.1, 0.15) is 0 Å². The summed E-state index contributed by atoms with van der Waals surface area (Å²) in [5.41, 5.74) is 0. The summed E-state index contributed by atoms with van der Waals surface area (Å²) in [5, 5.41) is 2.48. The molecular formula is C12H29N3O2S. The van der Waals surface area contributed by atoms with E-state index in [4.69, 9.17) is 0 Å². The van der Waals surface area contributed by atoms with E-state index in [0.29, 0.717) is 12.5 Å². The first-order valence-electron chi connectivity index (χ1n) is 6.49. The summed E-state index contributed by atoms with van der Waals surface area (Å²) >= 11 is 0. The van der Waals surface area contributed by atoms with Crippen LogP contribution in [0.5, 0.6) is 0 Å². The highest BCUT2D eigenvalue weighted by molar-refractivity contribution is 7.90. The van der Waals surface area contributed by atoms with E-state index in [1.54, 1.807) is 14.0 Å². The molecule has 0 aliphatic rings. The molecule has 0 amide bonds. The maximum atomic E-state index is 12.1. The van der Waals surface area contributed by atoms with Gasteiger partial charge in [-0.05, 0) is 40.4 Å². The summed E-state index contributed by atoms with van der Waals surface area (Å²) in [6.45, 7) is 7.12. The Morgan fingerprint density at radius 1 is 1.17 bits per heavy atom. The molecule has 0 aliphatic heterocycles. The number of nitrogens with zero attached hydrogens (tertiary/aromatic N) is 1. The highest BCUT2D eigenvalue weighted by atomic mass is 32.2. The molecule has 18 heavy (non-hydrogen) atoms. The predicted molar refractivity (Wildman–Crippen MR) is 77.2 cm³/mol. The second-order valence-corrected chi connectivity index (χ2v) is 7.75. The molecule has 2 unspecified atom stereocenters. The van der Waals surface area contributed by atoms with Gasteiger partial charge in [-0.1, -0.05) is 13.8 Å². The molecule has 6 heteroatoms. The zero-order valence-corrected chi connectivity index (χ0v) is 13.3. The molecule has 0 saturated carbocycles. The molecule has 0 spiro atoms. The molecule has 0 heterocycles. The monoisotopic (exact) mass is 279 g/mol. The Labute approximate surface area is 112 Å². The molecule has 0 radical (unpaired) electrons. The third kappa shape index (κ3) is 7.31. The van der Waals surface area contributed by atoms with Crippen molar-refractivity contribution in [2.75, 3.05) is 34.2 Å². The Morgan fingerprint density at radius 3 is 2.11 bits per heavy atom. The molecule has 2 N–H and O–H groups in total. The second kappa shape index (κ2) is 8.09. The third-order valence-electron chi connectivity index (χ3n) is 2.69. The molecule has 5 nitrogen and oxygen atoms in total. The van der Waals surface area contributed by atoms with Gasteiger partial charge in [0, 0.05) is 19.1 Å². The van der Waals surface area contributed by atoms with E-state index >= 15 is 0 Å². The third-order valence-corrected chi connectivity index (χ3v) is 4.58. The van der Waals surface area contributed by atoms with Crippen LogP contribution in [0.15, 0.2) is 0 Å². The quantitative estimate of drug-likeness (QED) is 0.645. The molecule has 0 saturated heterocycles. The molecule has 0 bridgehead atoms. The normalized spacial score (nSPS) is 16.2. The summed E-state index contributed by atoms with van der Waals surface area (Å²) in [5.74, 6) is 0.470. The summed E-state index contributed by atoms with van der Waals surface area (Å²) in [6.07, 6.45) is 0.851. The highest BCUT2D eigenvalue weighted by Crippen LogP contribution is 2.08. The minimum atomic E-state index is -3.25. The van der Waals surface area contributed by atoms with Crippen LogP contribution in [0.4, 0.5) is 0 Å². The topological polar surface area (TPSA) is 61.4 Å². The zero-order chi connectivity index (χ0) is 14.3. The summed E-state index contributed by atoms with van der Waals surface area (Å²) in [7, 11) is 2.42. The average Bonchev–Trinajstić information content (AvgIpc) is 2.14. The van der Waals surface area contributed by atoms with Crippen LogP contribution >= 0.6 is 0 Å². The van der Waals surface area contributed by atoms with E-state index in [1.807, 2.05) is 19.0 Å². The van der Waals surface area contributed by atoms with Gasteiger partial charge in [0.15, 0.2) is 0 Å². The largest absolute Gasteiger partial charge is 0.318 e. The number of sulfonamides is 1. The van der Waals surface area contributed by atoms with Crippen LogP contribution in [0, 0.1) is 5.92 Å². The average molecular weight is 279 g/mol. The molecule has 0 rings (SSSR count). The lowest BCUT2D eigenvalue weighted by Gasteiger charge is -2.25. The second-order valence-electron chi connectivity index (χ2n) is 5.62. The zero-order valence-electron chi connectivity index (χ0n) is 12.5. The number of rotatable bonds is 9. The fraction of sp³-hybridized carbons (Fsp3) is 1.00. The fourth-order valence-electron chi connectivity index (χ4n) is 1.92. The summed E-state index contributed by atoms with van der Waals surface area (Å²) < 4.78 is 27.1. The lowest BCUT2D eigenvalue weighted by atomic mass is 10.0. The Balaban J connectivity index is 4.64. The van der Waals surface area contributed by atoms with Gasteiger partial charge in [-0.25, -0.2) is 13.1 Å². The number of hydrogen-bond acceptors (Lipinski definition) is 4. The van der Waals surface area contributed by atoms with Gasteiger partial charge in [0.05, 0.1) is 5.25 Å². The van der Waals surface area contributed by atoms with Gasteiger partial charge < -0.3 is 10.2 Å². The van der Waals surface area contributed by atoms with E-state index in [9.17, 15) is 8.42 Å². The molecule has 0 aliphatic carbocycles. The van der Waals surface area contributed by atoms with Crippen molar-refractivity contribution < 1.29 is 8.42 Å². The standard InChI is InChI=1S/C12H29N3O2S/c1-10(2)7-12(9-15(5)6)14-18(16,17)11(3)8-13-4/h10-14H,7-9H2,1-6H3. The van der Waals surface area contributed by atoms with Crippen LogP contribution in [-0.4, -0.2) is 58.8 Å². The maximum Gasteiger partial charge on any atom is 0.215 e. The molecular weight excluding hydrogens is 250 g/mol. The SMILES string of the molecule is CNCC(C)S(=O)(=O)NC(CC(C)C)CN(C)C. The number of nitrogens with one attached hydrogen (secondary N) is 2. The van der Waals surface area contributed by atoms with Gasteiger partial charge in [0.2, 0.25) is 10.0 Å². The van der Waals surface area contributed by atoms with Gasteiger partial charge in [-0.3, -0.25) is 0 Å². The Kier molecular flexibility index (Phi) is 8.02.